The minimum Gasteiger partial charge on any atom is -0.350 e. The summed E-state index contributed by atoms with van der Waals surface area (Å²) in [6, 6.07) is 2.85. The van der Waals surface area contributed by atoms with Crippen LogP contribution < -0.4 is 5.32 Å². The van der Waals surface area contributed by atoms with E-state index in [1.54, 1.807) is 0 Å². The van der Waals surface area contributed by atoms with Crippen LogP contribution in [-0.4, -0.2) is 36.0 Å². The van der Waals surface area contributed by atoms with E-state index >= 15 is 0 Å². The molecule has 1 heterocycles. The molecule has 0 radical (unpaired) electrons. The first-order valence-corrected chi connectivity index (χ1v) is 7.38. The van der Waals surface area contributed by atoms with Gasteiger partial charge in [0.1, 0.15) is 11.6 Å². The molecule has 21 heavy (non-hydrogen) atoms. The predicted octanol–water partition coefficient (Wildman–Crippen LogP) is 2.96. The van der Waals surface area contributed by atoms with E-state index in [0.29, 0.717) is 6.54 Å². The molecule has 3 nitrogen and oxygen atoms in total. The van der Waals surface area contributed by atoms with Crippen molar-refractivity contribution in [3.05, 3.63) is 35.4 Å². The molecule has 0 saturated carbocycles. The van der Waals surface area contributed by atoms with Gasteiger partial charge in [0, 0.05) is 23.7 Å². The Bertz CT molecular complexity index is 491. The quantitative estimate of drug-likeness (QED) is 0.926. The van der Waals surface area contributed by atoms with Crippen LogP contribution in [-0.2, 0) is 0 Å². The lowest BCUT2D eigenvalue weighted by Gasteiger charge is -2.41. The topological polar surface area (TPSA) is 32.3 Å². The Hall–Kier alpha value is -1.49. The molecule has 0 bridgehead atoms. The summed E-state index contributed by atoms with van der Waals surface area (Å²) in [5, 5.41) is 2.78. The van der Waals surface area contributed by atoms with Crippen molar-refractivity contribution >= 4 is 5.91 Å². The first-order valence-electron chi connectivity index (χ1n) is 7.38. The monoisotopic (exact) mass is 296 g/mol. The highest BCUT2D eigenvalue weighted by Gasteiger charge is 2.28. The van der Waals surface area contributed by atoms with E-state index in [-0.39, 0.29) is 11.1 Å². The van der Waals surface area contributed by atoms with E-state index in [4.69, 9.17) is 0 Å². The summed E-state index contributed by atoms with van der Waals surface area (Å²) < 4.78 is 26.3. The highest BCUT2D eigenvalue weighted by atomic mass is 19.1. The van der Waals surface area contributed by atoms with E-state index in [0.717, 1.165) is 31.3 Å². The Morgan fingerprint density at radius 1 is 1.14 bits per heavy atom. The average molecular weight is 296 g/mol. The van der Waals surface area contributed by atoms with Crippen LogP contribution >= 0.6 is 0 Å². The van der Waals surface area contributed by atoms with Crippen LogP contribution in [0, 0.1) is 11.6 Å². The van der Waals surface area contributed by atoms with Gasteiger partial charge in [-0.25, -0.2) is 8.78 Å². The van der Waals surface area contributed by atoms with Crippen LogP contribution in [0.25, 0.3) is 0 Å². The highest BCUT2D eigenvalue weighted by molar-refractivity contribution is 5.94. The maximum Gasteiger partial charge on any atom is 0.251 e. The fourth-order valence-corrected chi connectivity index (χ4v) is 2.69. The summed E-state index contributed by atoms with van der Waals surface area (Å²) in [6.07, 6.45) is 3.60. The maximum atomic E-state index is 13.1. The second kappa shape index (κ2) is 6.52. The van der Waals surface area contributed by atoms with E-state index in [2.05, 4.69) is 24.1 Å². The number of nitrogens with zero attached hydrogens (tertiary/aromatic N) is 1. The van der Waals surface area contributed by atoms with Crippen molar-refractivity contribution in [2.24, 2.45) is 0 Å². The molecule has 2 rings (SSSR count). The molecular formula is C16H22F2N2O. The molecule has 1 amide bonds. The molecule has 1 aliphatic rings. The number of hydrogen-bond donors (Lipinski definition) is 1. The molecule has 0 atom stereocenters. The molecule has 0 unspecified atom stereocenters. The molecule has 5 heteroatoms. The van der Waals surface area contributed by atoms with E-state index in [9.17, 15) is 13.6 Å². The molecule has 1 aliphatic heterocycles. The normalized spacial score (nSPS) is 16.8. The summed E-state index contributed by atoms with van der Waals surface area (Å²) in [4.78, 5) is 14.4. The van der Waals surface area contributed by atoms with Gasteiger partial charge in [0.2, 0.25) is 0 Å². The number of amides is 1. The van der Waals surface area contributed by atoms with Crippen LogP contribution in [0.5, 0.6) is 0 Å². The standard InChI is InChI=1S/C16H22F2N2O/c1-16(2,20-6-4-3-5-7-20)11-19-15(21)12-8-13(17)10-14(18)9-12/h8-10H,3-7,11H2,1-2H3,(H,19,21). The average Bonchev–Trinajstić information content (AvgIpc) is 2.45. The zero-order valence-electron chi connectivity index (χ0n) is 12.6. The zero-order chi connectivity index (χ0) is 15.5. The lowest BCUT2D eigenvalue weighted by molar-refractivity contribution is 0.0797. The van der Waals surface area contributed by atoms with E-state index < -0.39 is 17.5 Å². The van der Waals surface area contributed by atoms with E-state index in [1.807, 2.05) is 0 Å². The lowest BCUT2D eigenvalue weighted by atomic mass is 9.98. The molecule has 0 spiro atoms. The predicted molar refractivity (Wildman–Crippen MR) is 78.2 cm³/mol. The largest absolute Gasteiger partial charge is 0.350 e. The molecule has 1 saturated heterocycles. The maximum absolute atomic E-state index is 13.1. The van der Waals surface area contributed by atoms with E-state index in [1.165, 1.54) is 19.3 Å². The number of rotatable bonds is 4. The number of hydrogen-bond acceptors (Lipinski definition) is 2. The smallest absolute Gasteiger partial charge is 0.251 e. The molecular weight excluding hydrogens is 274 g/mol. The highest BCUT2D eigenvalue weighted by Crippen LogP contribution is 2.20. The van der Waals surface area contributed by atoms with Gasteiger partial charge in [-0.3, -0.25) is 9.69 Å². The number of halogens is 2. The van der Waals surface area contributed by atoms with Gasteiger partial charge in [0.05, 0.1) is 0 Å². The molecule has 1 aromatic rings. The Morgan fingerprint density at radius 2 is 1.71 bits per heavy atom. The van der Waals surface area contributed by atoms with Crippen molar-refractivity contribution in [1.29, 1.82) is 0 Å². The minimum absolute atomic E-state index is 0.0157. The second-order valence-electron chi connectivity index (χ2n) is 6.20. The third-order valence-corrected chi connectivity index (χ3v) is 4.02. The number of benzene rings is 1. The Morgan fingerprint density at radius 3 is 2.29 bits per heavy atom. The molecule has 1 N–H and O–H groups in total. The number of carbonyl (C=O) groups is 1. The Labute approximate surface area is 124 Å². The van der Waals surface area contributed by atoms with Crippen molar-refractivity contribution in [3.63, 3.8) is 0 Å². The summed E-state index contributed by atoms with van der Waals surface area (Å²) in [5.41, 5.74) is -0.149. The van der Waals surface area contributed by atoms with Crippen molar-refractivity contribution < 1.29 is 13.6 Å². The van der Waals surface area contributed by atoms with Crippen LogP contribution in [0.2, 0.25) is 0 Å². The Balaban J connectivity index is 1.96. The number of likely N-dealkylation sites (tertiary alicyclic amines) is 1. The number of nitrogens with one attached hydrogen (secondary N) is 1. The van der Waals surface area contributed by atoms with Crippen molar-refractivity contribution in [2.45, 2.75) is 38.6 Å². The summed E-state index contributed by atoms with van der Waals surface area (Å²) >= 11 is 0. The van der Waals surface area contributed by atoms with Gasteiger partial charge in [0.25, 0.3) is 5.91 Å². The first-order chi connectivity index (χ1) is 9.88. The summed E-state index contributed by atoms with van der Waals surface area (Å²) in [7, 11) is 0. The third-order valence-electron chi connectivity index (χ3n) is 4.02. The molecule has 116 valence electrons. The SMILES string of the molecule is CC(C)(CNC(=O)c1cc(F)cc(F)c1)N1CCCCC1. The van der Waals surface area contributed by atoms with Gasteiger partial charge in [-0.15, -0.1) is 0 Å². The van der Waals surface area contributed by atoms with Gasteiger partial charge in [-0.05, 0) is 51.9 Å². The second-order valence-corrected chi connectivity index (χ2v) is 6.20. The first kappa shape index (κ1) is 15.9. The van der Waals surface area contributed by atoms with Gasteiger partial charge < -0.3 is 5.32 Å². The van der Waals surface area contributed by atoms with Crippen molar-refractivity contribution in [1.82, 2.24) is 10.2 Å². The summed E-state index contributed by atoms with van der Waals surface area (Å²) in [6.45, 7) is 6.65. The van der Waals surface area contributed by atoms with Crippen LogP contribution in [0.15, 0.2) is 18.2 Å². The van der Waals surface area contributed by atoms with Crippen LogP contribution in [0.3, 0.4) is 0 Å². The van der Waals surface area contributed by atoms with Gasteiger partial charge in [0.15, 0.2) is 0 Å². The third kappa shape index (κ3) is 4.24. The fourth-order valence-electron chi connectivity index (χ4n) is 2.69. The zero-order valence-corrected chi connectivity index (χ0v) is 12.6. The van der Waals surface area contributed by atoms with Crippen LogP contribution in [0.4, 0.5) is 8.78 Å². The van der Waals surface area contributed by atoms with Crippen molar-refractivity contribution in [2.75, 3.05) is 19.6 Å². The number of piperidine rings is 1. The molecule has 1 aromatic carbocycles. The minimum atomic E-state index is -0.740. The lowest BCUT2D eigenvalue weighted by Crippen LogP contribution is -2.53. The molecule has 0 aliphatic carbocycles. The van der Waals surface area contributed by atoms with Gasteiger partial charge in [-0.2, -0.15) is 0 Å². The Kier molecular flexibility index (Phi) is 4.93. The van der Waals surface area contributed by atoms with Crippen molar-refractivity contribution in [3.8, 4) is 0 Å². The number of carbonyl (C=O) groups excluding carboxylic acids is 1. The molecule has 1 fully saturated rings. The van der Waals surface area contributed by atoms with Gasteiger partial charge in [-0.1, -0.05) is 6.42 Å². The summed E-state index contributed by atoms with van der Waals surface area (Å²) in [5.74, 6) is -1.93. The fraction of sp³-hybridized carbons (Fsp3) is 0.562. The molecule has 0 aromatic heterocycles. The van der Waals surface area contributed by atoms with Gasteiger partial charge >= 0.3 is 0 Å². The van der Waals surface area contributed by atoms with Crippen LogP contribution in [0.1, 0.15) is 43.5 Å².